The maximum Gasteiger partial charge on any atom is 0.333 e. The lowest BCUT2D eigenvalue weighted by atomic mass is 9.98. The molecule has 10 nitrogen and oxygen atoms in total. The zero-order chi connectivity index (χ0) is 31.6. The van der Waals surface area contributed by atoms with Gasteiger partial charge >= 0.3 is 6.03 Å². The van der Waals surface area contributed by atoms with E-state index in [4.69, 9.17) is 4.74 Å². The van der Waals surface area contributed by atoms with Crippen molar-refractivity contribution in [2.45, 2.75) is 34.1 Å². The van der Waals surface area contributed by atoms with Crippen LogP contribution in [0.5, 0.6) is 0 Å². The molecular formula is C34H45N7O3. The first kappa shape index (κ1) is 32.9. The highest BCUT2D eigenvalue weighted by Gasteiger charge is 2.35. The van der Waals surface area contributed by atoms with Gasteiger partial charge in [-0.15, -0.1) is 12.8 Å². The van der Waals surface area contributed by atoms with E-state index in [-0.39, 0.29) is 11.8 Å². The number of hydrogen-bond acceptors (Lipinski definition) is 7. The number of allylic oxidation sites excluding steroid dienone is 4. The Morgan fingerprint density at radius 1 is 1.05 bits per heavy atom. The third kappa shape index (κ3) is 7.37. The van der Waals surface area contributed by atoms with Crippen molar-refractivity contribution in [1.82, 2.24) is 30.4 Å². The van der Waals surface area contributed by atoms with E-state index in [0.717, 1.165) is 50.4 Å². The normalized spacial score (nSPS) is 18.3. The van der Waals surface area contributed by atoms with Gasteiger partial charge in [-0.1, -0.05) is 36.8 Å². The lowest BCUT2D eigenvalue weighted by molar-refractivity contribution is 0.0207. The van der Waals surface area contributed by atoms with Gasteiger partial charge in [0.2, 0.25) is 0 Å². The molecule has 2 aliphatic heterocycles. The monoisotopic (exact) mass is 599 g/mol. The summed E-state index contributed by atoms with van der Waals surface area (Å²) in [6.45, 7) is 17.0. The number of ether oxygens (including phenoxy) is 1. The van der Waals surface area contributed by atoms with Gasteiger partial charge in [-0.05, 0) is 57.0 Å². The number of urea groups is 1. The van der Waals surface area contributed by atoms with Crippen molar-refractivity contribution >= 4 is 23.1 Å². The Morgan fingerprint density at radius 3 is 2.41 bits per heavy atom. The van der Waals surface area contributed by atoms with Crippen LogP contribution in [0.15, 0.2) is 47.6 Å². The second kappa shape index (κ2) is 15.6. The Bertz CT molecular complexity index is 1440. The Kier molecular flexibility index (Phi) is 11.7. The van der Waals surface area contributed by atoms with Gasteiger partial charge in [0, 0.05) is 51.4 Å². The van der Waals surface area contributed by atoms with E-state index in [1.54, 1.807) is 6.07 Å². The first-order valence-corrected chi connectivity index (χ1v) is 15.4. The molecule has 3 aliphatic rings. The van der Waals surface area contributed by atoms with Crippen molar-refractivity contribution in [1.29, 1.82) is 0 Å². The molecule has 0 bridgehead atoms. The van der Waals surface area contributed by atoms with Crippen LogP contribution in [0.25, 0.3) is 16.8 Å². The predicted molar refractivity (Wildman–Crippen MR) is 176 cm³/mol. The number of benzene rings is 1. The molecule has 5 rings (SSSR count). The number of aromatic nitrogens is 2. The van der Waals surface area contributed by atoms with Gasteiger partial charge in [-0.2, -0.15) is 5.10 Å². The van der Waals surface area contributed by atoms with Gasteiger partial charge in [0.1, 0.15) is 5.69 Å². The van der Waals surface area contributed by atoms with Crippen molar-refractivity contribution in [2.75, 3.05) is 70.9 Å². The molecule has 44 heavy (non-hydrogen) atoms. The minimum atomic E-state index is -0.383. The van der Waals surface area contributed by atoms with Crippen LogP contribution >= 0.6 is 0 Å². The summed E-state index contributed by atoms with van der Waals surface area (Å²) < 4.78 is 5.35. The van der Waals surface area contributed by atoms with Crippen LogP contribution in [-0.4, -0.2) is 102 Å². The summed E-state index contributed by atoms with van der Waals surface area (Å²) >= 11 is 0. The standard InChI is InChI=1S/C32H43N7O3.C2H2/c1-5-11-37-12-14-38(15-13-37)21-24(22(4)6-2)20-23(7-3)29-28-30(35-34-29)25-9-8-10-26(27(25)31(28)40)33-32(41)36-39-16-18-42-19-17-39;1-2/h6-10,20H,5,11-19,21H2,1-4H3,(H,34,35)(H2,33,36,41);1-2H/b22-6-,23-7+,24-20-;. The Hall–Kier alpha value is -4.01. The molecule has 3 heterocycles. The summed E-state index contributed by atoms with van der Waals surface area (Å²) in [4.78, 5) is 31.8. The summed E-state index contributed by atoms with van der Waals surface area (Å²) in [7, 11) is 0. The summed E-state index contributed by atoms with van der Waals surface area (Å²) in [5.74, 6) is -0.143. The first-order chi connectivity index (χ1) is 21.4. The van der Waals surface area contributed by atoms with Gasteiger partial charge in [-0.3, -0.25) is 20.2 Å². The van der Waals surface area contributed by atoms with Gasteiger partial charge in [0.15, 0.2) is 5.78 Å². The Balaban J connectivity index is 0.00000216. The molecule has 10 heteroatoms. The molecule has 3 N–H and O–H groups in total. The minimum absolute atomic E-state index is 0.143. The lowest BCUT2D eigenvalue weighted by Crippen LogP contribution is -2.49. The number of ketones is 1. The molecule has 0 saturated carbocycles. The SMILES string of the molecule is C#C.C\C=C(C)/C(=C\C(=C/C)c1n[nH]c2c1C(=O)c1c(NC(=O)NN3CCOCC3)cccc1-2)CN1CCN(CCC)CC1. The molecule has 0 atom stereocenters. The van der Waals surface area contributed by atoms with E-state index in [2.05, 4.69) is 76.5 Å². The smallest absolute Gasteiger partial charge is 0.333 e. The maximum atomic E-state index is 13.9. The first-order valence-electron chi connectivity index (χ1n) is 15.4. The number of carbonyl (C=O) groups excluding carboxylic acids is 2. The zero-order valence-corrected chi connectivity index (χ0v) is 26.4. The molecule has 1 aromatic carbocycles. The number of fused-ring (bicyclic) bond motifs is 3. The van der Waals surface area contributed by atoms with Crippen molar-refractivity contribution in [2.24, 2.45) is 0 Å². The van der Waals surface area contributed by atoms with Crippen LogP contribution < -0.4 is 10.7 Å². The molecule has 2 amide bonds. The summed E-state index contributed by atoms with van der Waals surface area (Å²) in [6.07, 6.45) is 15.5. The predicted octanol–water partition coefficient (Wildman–Crippen LogP) is 4.56. The molecule has 2 saturated heterocycles. The van der Waals surface area contributed by atoms with Gasteiger partial charge in [-0.25, -0.2) is 9.80 Å². The molecule has 0 spiro atoms. The highest BCUT2D eigenvalue weighted by molar-refractivity contribution is 6.26. The number of terminal acetylenes is 1. The number of nitrogens with one attached hydrogen (secondary N) is 3. The van der Waals surface area contributed by atoms with E-state index in [0.29, 0.717) is 54.5 Å². The van der Waals surface area contributed by atoms with Gasteiger partial charge < -0.3 is 15.0 Å². The third-order valence-electron chi connectivity index (χ3n) is 8.33. The molecule has 1 aliphatic carbocycles. The fourth-order valence-electron chi connectivity index (χ4n) is 5.84. The molecule has 1 aromatic heterocycles. The average molecular weight is 600 g/mol. The maximum absolute atomic E-state index is 13.9. The van der Waals surface area contributed by atoms with Crippen molar-refractivity contribution in [3.05, 3.63) is 64.4 Å². The van der Waals surface area contributed by atoms with Gasteiger partial charge in [0.25, 0.3) is 0 Å². The summed E-state index contributed by atoms with van der Waals surface area (Å²) in [5, 5.41) is 12.5. The molecule has 234 valence electrons. The minimum Gasteiger partial charge on any atom is -0.379 e. The molecule has 2 aromatic rings. The number of morpholine rings is 1. The van der Waals surface area contributed by atoms with E-state index < -0.39 is 0 Å². The summed E-state index contributed by atoms with van der Waals surface area (Å²) in [5.41, 5.74) is 9.74. The van der Waals surface area contributed by atoms with Crippen LogP contribution in [-0.2, 0) is 4.74 Å². The zero-order valence-electron chi connectivity index (χ0n) is 26.4. The number of carbonyl (C=O) groups is 2. The third-order valence-corrected chi connectivity index (χ3v) is 8.33. The number of piperazine rings is 1. The van der Waals surface area contributed by atoms with E-state index in [9.17, 15) is 9.59 Å². The average Bonchev–Trinajstić information content (AvgIpc) is 3.61. The largest absolute Gasteiger partial charge is 0.379 e. The topological polar surface area (TPSA) is 106 Å². The number of amides is 2. The summed E-state index contributed by atoms with van der Waals surface area (Å²) in [6, 6.07) is 5.12. The van der Waals surface area contributed by atoms with Crippen LogP contribution in [0.3, 0.4) is 0 Å². The van der Waals surface area contributed by atoms with E-state index in [1.165, 1.54) is 17.6 Å². The number of rotatable bonds is 9. The highest BCUT2D eigenvalue weighted by atomic mass is 16.5. The van der Waals surface area contributed by atoms with Crippen LogP contribution in [0.4, 0.5) is 10.5 Å². The molecular weight excluding hydrogens is 554 g/mol. The number of anilines is 1. The Morgan fingerprint density at radius 2 is 1.75 bits per heavy atom. The van der Waals surface area contributed by atoms with Crippen molar-refractivity contribution in [3.8, 4) is 24.1 Å². The number of nitrogens with zero attached hydrogens (tertiary/aromatic N) is 4. The quantitative estimate of drug-likeness (QED) is 0.245. The van der Waals surface area contributed by atoms with Crippen LogP contribution in [0.1, 0.15) is 55.7 Å². The number of H-pyrrole nitrogens is 1. The Labute approximate surface area is 261 Å². The van der Waals surface area contributed by atoms with Crippen LogP contribution in [0, 0.1) is 12.8 Å². The van der Waals surface area contributed by atoms with Crippen molar-refractivity contribution < 1.29 is 14.3 Å². The van der Waals surface area contributed by atoms with Crippen molar-refractivity contribution in [3.63, 3.8) is 0 Å². The second-order valence-electron chi connectivity index (χ2n) is 11.0. The fraction of sp³-hybridized carbons (Fsp3) is 0.441. The van der Waals surface area contributed by atoms with E-state index in [1.807, 2.05) is 30.1 Å². The number of hydrazine groups is 1. The van der Waals surface area contributed by atoms with Crippen LogP contribution in [0.2, 0.25) is 0 Å². The van der Waals surface area contributed by atoms with E-state index >= 15 is 0 Å². The van der Waals surface area contributed by atoms with Gasteiger partial charge in [0.05, 0.1) is 35.7 Å². The molecule has 0 unspecified atom stereocenters. The number of hydrogen-bond donors (Lipinski definition) is 3. The lowest BCUT2D eigenvalue weighted by Gasteiger charge is -2.35. The fourth-order valence-corrected chi connectivity index (χ4v) is 5.84. The second-order valence-corrected chi connectivity index (χ2v) is 11.0. The highest BCUT2D eigenvalue weighted by Crippen LogP contribution is 2.42. The number of aromatic amines is 1. The molecule has 2 fully saturated rings. The molecule has 0 radical (unpaired) electrons.